The number of hydrogen-bond acceptors (Lipinski definition) is 4. The van der Waals surface area contributed by atoms with Crippen molar-refractivity contribution in [3.63, 3.8) is 0 Å². The average molecular weight is 367 g/mol. The van der Waals surface area contributed by atoms with E-state index in [0.717, 1.165) is 24.3 Å². The molecule has 1 aromatic heterocycles. The van der Waals surface area contributed by atoms with Crippen molar-refractivity contribution in [1.82, 2.24) is 14.8 Å². The van der Waals surface area contributed by atoms with Crippen LogP contribution in [0.3, 0.4) is 0 Å². The van der Waals surface area contributed by atoms with Gasteiger partial charge in [-0.1, -0.05) is 18.2 Å². The van der Waals surface area contributed by atoms with Gasteiger partial charge in [0.1, 0.15) is 0 Å². The first-order valence-electron chi connectivity index (χ1n) is 9.16. The van der Waals surface area contributed by atoms with Crippen molar-refractivity contribution in [2.45, 2.75) is 13.3 Å². The maximum atomic E-state index is 12.7. The molecule has 0 radical (unpaired) electrons. The quantitative estimate of drug-likeness (QED) is 0.788. The molecule has 6 nitrogen and oxygen atoms in total. The predicted molar refractivity (Wildman–Crippen MR) is 104 cm³/mol. The molecule has 1 atom stereocenters. The van der Waals surface area contributed by atoms with Gasteiger partial charge in [0.2, 0.25) is 11.8 Å². The minimum Gasteiger partial charge on any atom is -0.481 e. The van der Waals surface area contributed by atoms with E-state index in [0.29, 0.717) is 24.4 Å². The highest BCUT2D eigenvalue weighted by Crippen LogP contribution is 2.22. The largest absolute Gasteiger partial charge is 0.481 e. The molecule has 1 aromatic carbocycles. The van der Waals surface area contributed by atoms with Crippen molar-refractivity contribution in [1.29, 1.82) is 0 Å². The van der Waals surface area contributed by atoms with Crippen LogP contribution in [0.15, 0.2) is 42.5 Å². The lowest BCUT2D eigenvalue weighted by Crippen LogP contribution is -2.33. The average Bonchev–Trinajstić information content (AvgIpc) is 3.06. The lowest BCUT2D eigenvalue weighted by Gasteiger charge is -2.21. The number of methoxy groups -OCH3 is 1. The molecule has 0 aliphatic carbocycles. The zero-order valence-electron chi connectivity index (χ0n) is 16.0. The number of amides is 2. The minimum atomic E-state index is -0.0393. The highest BCUT2D eigenvalue weighted by Gasteiger charge is 2.30. The van der Waals surface area contributed by atoms with Crippen molar-refractivity contribution in [3.8, 4) is 17.1 Å². The summed E-state index contributed by atoms with van der Waals surface area (Å²) in [6.07, 6.45) is 0.520. The van der Waals surface area contributed by atoms with Gasteiger partial charge >= 0.3 is 0 Å². The van der Waals surface area contributed by atoms with Crippen LogP contribution in [-0.4, -0.2) is 60.4 Å². The van der Waals surface area contributed by atoms with Crippen molar-refractivity contribution in [3.05, 3.63) is 48.0 Å². The van der Waals surface area contributed by atoms with E-state index in [1.807, 2.05) is 48.2 Å². The van der Waals surface area contributed by atoms with Gasteiger partial charge < -0.3 is 14.5 Å². The zero-order chi connectivity index (χ0) is 19.4. The highest BCUT2D eigenvalue weighted by atomic mass is 16.5. The number of ether oxygens (including phenoxy) is 1. The van der Waals surface area contributed by atoms with Crippen molar-refractivity contribution >= 4 is 11.8 Å². The summed E-state index contributed by atoms with van der Waals surface area (Å²) in [6, 6.07) is 13.0. The van der Waals surface area contributed by atoms with Gasteiger partial charge in [0, 0.05) is 56.2 Å². The Labute approximate surface area is 159 Å². The van der Waals surface area contributed by atoms with E-state index in [2.05, 4.69) is 4.98 Å². The van der Waals surface area contributed by atoms with Crippen LogP contribution in [0.1, 0.15) is 23.7 Å². The van der Waals surface area contributed by atoms with Gasteiger partial charge in [0.05, 0.1) is 12.8 Å². The molecule has 142 valence electrons. The molecule has 3 rings (SSSR count). The molecule has 0 bridgehead atoms. The third-order valence-corrected chi connectivity index (χ3v) is 4.92. The summed E-state index contributed by atoms with van der Waals surface area (Å²) in [5.41, 5.74) is 2.35. The third-order valence-electron chi connectivity index (χ3n) is 4.92. The van der Waals surface area contributed by atoms with Gasteiger partial charge in [-0.15, -0.1) is 0 Å². The molecule has 1 saturated heterocycles. The highest BCUT2D eigenvalue weighted by molar-refractivity contribution is 5.94. The molecule has 0 spiro atoms. The standard InChI is InChI=1S/C21H25N3O3/c1-4-24-14-15(12-20(24)25)13-23(2)21(26)17-10-8-16(9-11-17)18-6-5-7-19(22-18)27-3/h5-11,15H,4,12-14H2,1-3H3/t15-/m1/s1. The monoisotopic (exact) mass is 367 g/mol. The van der Waals surface area contributed by atoms with E-state index < -0.39 is 0 Å². The third kappa shape index (κ3) is 4.27. The fourth-order valence-corrected chi connectivity index (χ4v) is 3.45. The Hall–Kier alpha value is -2.89. The van der Waals surface area contributed by atoms with Gasteiger partial charge in [0.25, 0.3) is 5.91 Å². The van der Waals surface area contributed by atoms with Gasteiger partial charge in [-0.2, -0.15) is 0 Å². The molecule has 1 aliphatic heterocycles. The normalized spacial score (nSPS) is 16.5. The summed E-state index contributed by atoms with van der Waals surface area (Å²) in [5, 5.41) is 0. The van der Waals surface area contributed by atoms with Crippen LogP contribution >= 0.6 is 0 Å². The summed E-state index contributed by atoms with van der Waals surface area (Å²) >= 11 is 0. The molecule has 2 heterocycles. The number of rotatable bonds is 6. The van der Waals surface area contributed by atoms with Crippen molar-refractivity contribution in [2.24, 2.45) is 5.92 Å². The van der Waals surface area contributed by atoms with Crippen LogP contribution in [0.4, 0.5) is 0 Å². The number of pyridine rings is 1. The van der Waals surface area contributed by atoms with Gasteiger partial charge in [-0.3, -0.25) is 9.59 Å². The molecule has 2 amide bonds. The van der Waals surface area contributed by atoms with Crippen molar-refractivity contribution < 1.29 is 14.3 Å². The molecule has 2 aromatic rings. The second kappa shape index (κ2) is 8.20. The Bertz CT molecular complexity index is 820. The number of likely N-dealkylation sites (tertiary alicyclic amines) is 1. The Morgan fingerprint density at radius 2 is 2.00 bits per heavy atom. The SMILES string of the molecule is CCN1C[C@@H](CN(C)C(=O)c2ccc(-c3cccc(OC)n3)cc2)CC1=O. The molecular weight excluding hydrogens is 342 g/mol. The maximum absolute atomic E-state index is 12.7. The maximum Gasteiger partial charge on any atom is 0.253 e. The van der Waals surface area contributed by atoms with Crippen LogP contribution in [0.2, 0.25) is 0 Å². The predicted octanol–water partition coefficient (Wildman–Crippen LogP) is 2.70. The molecule has 0 unspecified atom stereocenters. The number of benzene rings is 1. The molecule has 1 aliphatic rings. The molecule has 0 saturated carbocycles. The summed E-state index contributed by atoms with van der Waals surface area (Å²) in [5.74, 6) is 0.896. The van der Waals surface area contributed by atoms with Crippen molar-refractivity contribution in [2.75, 3.05) is 33.8 Å². The molecule has 0 N–H and O–H groups in total. The van der Waals surface area contributed by atoms with E-state index >= 15 is 0 Å². The topological polar surface area (TPSA) is 62.7 Å². The zero-order valence-corrected chi connectivity index (χ0v) is 16.0. The molecule has 1 fully saturated rings. The van der Waals surface area contributed by atoms with Crippen LogP contribution in [0.25, 0.3) is 11.3 Å². The number of nitrogens with zero attached hydrogens (tertiary/aromatic N) is 3. The van der Waals surface area contributed by atoms with E-state index in [4.69, 9.17) is 4.74 Å². The van der Waals surface area contributed by atoms with Crippen LogP contribution in [-0.2, 0) is 4.79 Å². The molecular formula is C21H25N3O3. The lowest BCUT2D eigenvalue weighted by molar-refractivity contribution is -0.127. The van der Waals surface area contributed by atoms with E-state index in [1.54, 1.807) is 25.1 Å². The number of carbonyl (C=O) groups is 2. The van der Waals surface area contributed by atoms with E-state index in [1.165, 1.54) is 0 Å². The van der Waals surface area contributed by atoms with Crippen LogP contribution in [0.5, 0.6) is 5.88 Å². The molecule has 6 heteroatoms. The first-order chi connectivity index (χ1) is 13.0. The Morgan fingerprint density at radius 1 is 1.26 bits per heavy atom. The lowest BCUT2D eigenvalue weighted by atomic mass is 10.1. The number of hydrogen-bond donors (Lipinski definition) is 0. The minimum absolute atomic E-state index is 0.0393. The second-order valence-electron chi connectivity index (χ2n) is 6.83. The van der Waals surface area contributed by atoms with Crippen LogP contribution in [0, 0.1) is 5.92 Å². The van der Waals surface area contributed by atoms with Gasteiger partial charge in [0.15, 0.2) is 0 Å². The van der Waals surface area contributed by atoms with E-state index in [9.17, 15) is 9.59 Å². The smallest absolute Gasteiger partial charge is 0.253 e. The Kier molecular flexibility index (Phi) is 5.74. The summed E-state index contributed by atoms with van der Waals surface area (Å²) in [4.78, 5) is 32.5. The first-order valence-corrected chi connectivity index (χ1v) is 9.16. The Morgan fingerprint density at radius 3 is 2.63 bits per heavy atom. The summed E-state index contributed by atoms with van der Waals surface area (Å²) < 4.78 is 5.16. The summed E-state index contributed by atoms with van der Waals surface area (Å²) in [7, 11) is 3.38. The summed E-state index contributed by atoms with van der Waals surface area (Å²) in [6.45, 7) is 4.02. The second-order valence-corrected chi connectivity index (χ2v) is 6.83. The Balaban J connectivity index is 1.65. The van der Waals surface area contributed by atoms with Gasteiger partial charge in [-0.25, -0.2) is 4.98 Å². The number of carbonyl (C=O) groups excluding carboxylic acids is 2. The van der Waals surface area contributed by atoms with Crippen LogP contribution < -0.4 is 4.74 Å². The number of aromatic nitrogens is 1. The first kappa shape index (κ1) is 18.9. The molecule has 27 heavy (non-hydrogen) atoms. The fourth-order valence-electron chi connectivity index (χ4n) is 3.45. The van der Waals surface area contributed by atoms with Gasteiger partial charge in [-0.05, 0) is 25.1 Å². The fraction of sp³-hybridized carbons (Fsp3) is 0.381. The van der Waals surface area contributed by atoms with E-state index in [-0.39, 0.29) is 17.7 Å².